The Hall–Kier alpha value is -6.12. The van der Waals surface area contributed by atoms with Gasteiger partial charge in [0, 0.05) is 40.8 Å². The zero-order valence-electron chi connectivity index (χ0n) is 34.5. The van der Waals surface area contributed by atoms with E-state index in [1.807, 2.05) is 49.9 Å². The minimum Gasteiger partial charge on any atom is -0.453 e. The van der Waals surface area contributed by atoms with Crippen molar-refractivity contribution in [2.24, 2.45) is 11.8 Å². The Labute approximate surface area is 343 Å². The molecule has 2 aromatic carbocycles. The van der Waals surface area contributed by atoms with E-state index >= 15 is 0 Å². The molecule has 2 fully saturated rings. The third kappa shape index (κ3) is 7.54. The van der Waals surface area contributed by atoms with Gasteiger partial charge in [-0.2, -0.15) is 0 Å². The Bertz CT molecular complexity index is 2390. The lowest BCUT2D eigenvalue weighted by atomic mass is 9.87. The van der Waals surface area contributed by atoms with Crippen molar-refractivity contribution in [3.63, 3.8) is 0 Å². The number of rotatable bonds is 10. The summed E-state index contributed by atoms with van der Waals surface area (Å²) in [7, 11) is 2.59. The number of imidazole rings is 2. The van der Waals surface area contributed by atoms with Crippen molar-refractivity contribution in [3.8, 4) is 33.8 Å². The van der Waals surface area contributed by atoms with Crippen LogP contribution in [0.2, 0.25) is 0 Å². The number of hydrogen-bond donors (Lipinski definition) is 5. The maximum atomic E-state index is 13.7. The van der Waals surface area contributed by atoms with E-state index in [0.717, 1.165) is 83.9 Å². The third-order valence-corrected chi connectivity index (χ3v) is 12.2. The summed E-state index contributed by atoms with van der Waals surface area (Å²) in [6.07, 6.45) is 7.47. The molecule has 4 atom stereocenters. The average Bonchev–Trinajstić information content (AvgIpc) is 4.09. The Kier molecular flexibility index (Phi) is 10.9. The number of hydrogen-bond acceptors (Lipinski definition) is 8. The van der Waals surface area contributed by atoms with Gasteiger partial charge in [-0.25, -0.2) is 19.6 Å². The normalized spacial score (nSPS) is 18.5. The SMILES string of the molecule is COC(=O)N[C@H](C(=O)N1CCC[C@H]1c1ncc(-c2ccc3c(c2)CCc2c-3[nH]c3ccc(-c4cnc([C@@H]5CCCN5C(=O)[C@@H](NC(=O)OC)C(C)C)[nH]4)cc23)[nH]1)C(C)C. The molecule has 1 aliphatic carbocycles. The number of carbonyl (C=O) groups is 4. The van der Waals surface area contributed by atoms with Crippen LogP contribution >= 0.6 is 0 Å². The van der Waals surface area contributed by atoms with E-state index in [0.29, 0.717) is 13.1 Å². The van der Waals surface area contributed by atoms with Crippen LogP contribution in [0.4, 0.5) is 9.59 Å². The number of aryl methyl sites for hydroxylation is 2. The van der Waals surface area contributed by atoms with Crippen LogP contribution in [0.1, 0.15) is 88.2 Å². The van der Waals surface area contributed by atoms with Gasteiger partial charge in [0.1, 0.15) is 23.7 Å². The number of ether oxygens (including phenoxy) is 2. The van der Waals surface area contributed by atoms with E-state index in [1.165, 1.54) is 36.3 Å². The molecule has 3 aromatic heterocycles. The number of nitrogens with zero attached hydrogens (tertiary/aromatic N) is 4. The van der Waals surface area contributed by atoms with Crippen molar-refractivity contribution in [3.05, 3.63) is 71.6 Å². The zero-order valence-corrected chi connectivity index (χ0v) is 34.5. The molecule has 310 valence electrons. The van der Waals surface area contributed by atoms with Crippen molar-refractivity contribution in [2.45, 2.75) is 90.4 Å². The molecule has 5 N–H and O–H groups in total. The molecular weight excluding hydrogens is 751 g/mol. The topological polar surface area (TPSA) is 190 Å². The second-order valence-electron chi connectivity index (χ2n) is 16.6. The van der Waals surface area contributed by atoms with Crippen LogP contribution in [0.15, 0.2) is 48.8 Å². The van der Waals surface area contributed by atoms with Gasteiger partial charge < -0.3 is 44.9 Å². The number of nitrogens with one attached hydrogen (secondary N) is 5. The molecule has 0 saturated carbocycles. The molecule has 0 bridgehead atoms. The van der Waals surface area contributed by atoms with Crippen LogP contribution in [-0.4, -0.2) is 98.1 Å². The molecule has 2 saturated heterocycles. The standard InChI is InChI=1S/C44H53N9O6/c1-23(2)36(50-43(56)58-5)41(54)52-17-7-9-34(52)39-45-21-32(48-39)26-12-14-28-25(19-26)11-15-29-30-20-27(13-16-31(30)47-38(28)29)33-22-46-40(49-33)35-10-8-18-53(35)42(55)37(24(3)4)51-44(57)59-6/h12-14,16,19-24,34-37,47H,7-11,15,17-18H2,1-6H3,(H,45,48)(H,46,49)(H,50,56)(H,51,57)/t34-,35-,36-,37-/m0/s1. The summed E-state index contributed by atoms with van der Waals surface area (Å²) in [5.74, 6) is 0.995. The lowest BCUT2D eigenvalue weighted by molar-refractivity contribution is -0.136. The lowest BCUT2D eigenvalue weighted by Crippen LogP contribution is -2.51. The fourth-order valence-corrected chi connectivity index (χ4v) is 9.07. The van der Waals surface area contributed by atoms with E-state index in [-0.39, 0.29) is 35.7 Å². The number of fused-ring (bicyclic) bond motifs is 5. The van der Waals surface area contributed by atoms with Crippen molar-refractivity contribution in [1.82, 2.24) is 45.4 Å². The smallest absolute Gasteiger partial charge is 0.407 e. The lowest BCUT2D eigenvalue weighted by Gasteiger charge is -2.30. The molecule has 5 aromatic rings. The summed E-state index contributed by atoms with van der Waals surface area (Å²) in [6.45, 7) is 8.83. The summed E-state index contributed by atoms with van der Waals surface area (Å²) < 4.78 is 9.57. The van der Waals surface area contributed by atoms with Crippen LogP contribution in [0.5, 0.6) is 0 Å². The van der Waals surface area contributed by atoms with Crippen LogP contribution in [0.25, 0.3) is 44.7 Å². The Morgan fingerprint density at radius 3 is 1.76 bits per heavy atom. The van der Waals surface area contributed by atoms with Gasteiger partial charge in [-0.3, -0.25) is 9.59 Å². The average molecular weight is 804 g/mol. The van der Waals surface area contributed by atoms with E-state index in [1.54, 1.807) is 0 Å². The first kappa shape index (κ1) is 39.7. The molecule has 0 spiro atoms. The van der Waals surface area contributed by atoms with E-state index < -0.39 is 24.3 Å². The van der Waals surface area contributed by atoms with Crippen molar-refractivity contribution in [1.29, 1.82) is 0 Å². The van der Waals surface area contributed by atoms with Crippen molar-refractivity contribution in [2.75, 3.05) is 27.3 Å². The highest BCUT2D eigenvalue weighted by molar-refractivity contribution is 5.95. The number of methoxy groups -OCH3 is 2. The predicted octanol–water partition coefficient (Wildman–Crippen LogP) is 6.80. The zero-order chi connectivity index (χ0) is 41.5. The highest BCUT2D eigenvalue weighted by Crippen LogP contribution is 2.41. The molecule has 0 unspecified atom stereocenters. The maximum absolute atomic E-state index is 13.7. The third-order valence-electron chi connectivity index (χ3n) is 12.2. The molecule has 8 rings (SSSR count). The Morgan fingerprint density at radius 1 is 0.712 bits per heavy atom. The second-order valence-corrected chi connectivity index (χ2v) is 16.6. The van der Waals surface area contributed by atoms with Crippen molar-refractivity contribution < 1.29 is 28.7 Å². The molecule has 5 heterocycles. The maximum Gasteiger partial charge on any atom is 0.407 e. The van der Waals surface area contributed by atoms with Crippen LogP contribution < -0.4 is 10.6 Å². The van der Waals surface area contributed by atoms with Gasteiger partial charge in [0.25, 0.3) is 0 Å². The number of alkyl carbamates (subject to hydrolysis) is 2. The molecule has 2 aliphatic heterocycles. The number of amides is 4. The minimum absolute atomic E-state index is 0.105. The molecule has 59 heavy (non-hydrogen) atoms. The highest BCUT2D eigenvalue weighted by atomic mass is 16.5. The van der Waals surface area contributed by atoms with Gasteiger partial charge in [0.15, 0.2) is 0 Å². The van der Waals surface area contributed by atoms with Gasteiger partial charge in [0.2, 0.25) is 11.8 Å². The van der Waals surface area contributed by atoms with Gasteiger partial charge in [-0.05, 0) is 85.3 Å². The summed E-state index contributed by atoms with van der Waals surface area (Å²) in [5.41, 5.74) is 9.72. The van der Waals surface area contributed by atoms with Gasteiger partial charge in [-0.1, -0.05) is 45.9 Å². The number of aromatic nitrogens is 5. The van der Waals surface area contributed by atoms with E-state index in [9.17, 15) is 19.2 Å². The van der Waals surface area contributed by atoms with Gasteiger partial charge >= 0.3 is 12.2 Å². The Balaban J connectivity index is 0.995. The molecule has 15 nitrogen and oxygen atoms in total. The molecular formula is C44H53N9O6. The molecule has 3 aliphatic rings. The number of likely N-dealkylation sites (tertiary alicyclic amines) is 2. The summed E-state index contributed by atoms with van der Waals surface area (Å²) >= 11 is 0. The van der Waals surface area contributed by atoms with E-state index in [4.69, 9.17) is 19.4 Å². The molecule has 0 radical (unpaired) electrons. The monoisotopic (exact) mass is 803 g/mol. The fraction of sp³-hybridized carbons (Fsp3) is 0.455. The van der Waals surface area contributed by atoms with Crippen molar-refractivity contribution >= 4 is 34.9 Å². The van der Waals surface area contributed by atoms with Crippen LogP contribution in [0, 0.1) is 11.8 Å². The number of benzene rings is 2. The first-order valence-corrected chi connectivity index (χ1v) is 20.6. The Morgan fingerprint density at radius 2 is 1.24 bits per heavy atom. The summed E-state index contributed by atoms with van der Waals surface area (Å²) in [4.78, 5) is 75.2. The fourth-order valence-electron chi connectivity index (χ4n) is 9.07. The van der Waals surface area contributed by atoms with Crippen LogP contribution in [-0.2, 0) is 31.9 Å². The van der Waals surface area contributed by atoms with Crippen LogP contribution in [0.3, 0.4) is 0 Å². The first-order chi connectivity index (χ1) is 28.4. The number of aromatic amines is 3. The largest absolute Gasteiger partial charge is 0.453 e. The second kappa shape index (κ2) is 16.3. The number of carbonyl (C=O) groups excluding carboxylic acids is 4. The summed E-state index contributed by atoms with van der Waals surface area (Å²) in [6, 6.07) is 11.2. The number of H-pyrrole nitrogens is 3. The predicted molar refractivity (Wildman–Crippen MR) is 222 cm³/mol. The minimum atomic E-state index is -0.691. The van der Waals surface area contributed by atoms with E-state index in [2.05, 4.69) is 62.0 Å². The van der Waals surface area contributed by atoms with Gasteiger partial charge in [0.05, 0.1) is 50.1 Å². The molecule has 4 amide bonds. The highest BCUT2D eigenvalue weighted by Gasteiger charge is 2.39. The van der Waals surface area contributed by atoms with Gasteiger partial charge in [-0.15, -0.1) is 0 Å². The summed E-state index contributed by atoms with van der Waals surface area (Å²) in [5, 5.41) is 6.60. The first-order valence-electron chi connectivity index (χ1n) is 20.6. The quantitative estimate of drug-likeness (QED) is 0.102. The molecule has 15 heteroatoms.